The zero-order chi connectivity index (χ0) is 22.1. The first kappa shape index (κ1) is 22.4. The van der Waals surface area contributed by atoms with Crippen LogP contribution in [0.4, 0.5) is 0 Å². The average molecular weight is 446 g/mol. The summed E-state index contributed by atoms with van der Waals surface area (Å²) in [5.74, 6) is -0.370. The zero-order valence-electron chi connectivity index (χ0n) is 18.1. The van der Waals surface area contributed by atoms with Gasteiger partial charge in [-0.05, 0) is 38.0 Å². The van der Waals surface area contributed by atoms with E-state index in [0.717, 1.165) is 19.3 Å². The highest BCUT2D eigenvalue weighted by atomic mass is 17.3. The molecule has 0 aromatic heterocycles. The van der Waals surface area contributed by atoms with E-state index in [0.29, 0.717) is 12.3 Å². The van der Waals surface area contributed by atoms with Gasteiger partial charge in [-0.3, -0.25) is 0 Å². The van der Waals surface area contributed by atoms with Crippen LogP contribution < -0.4 is 0 Å². The van der Waals surface area contributed by atoms with E-state index in [2.05, 4.69) is 6.92 Å². The second-order valence-electron chi connectivity index (χ2n) is 10.1. The van der Waals surface area contributed by atoms with Crippen LogP contribution in [-0.4, -0.2) is 81.7 Å². The molecule has 6 rings (SSSR count). The molecule has 0 radical (unpaired) electrons. The molecule has 178 valence electrons. The molecule has 6 aliphatic rings. The second kappa shape index (κ2) is 7.83. The van der Waals surface area contributed by atoms with Crippen LogP contribution in [0.5, 0.6) is 0 Å². The predicted molar refractivity (Wildman–Crippen MR) is 102 cm³/mol. The van der Waals surface area contributed by atoms with Crippen molar-refractivity contribution in [3.63, 3.8) is 0 Å². The third-order valence-electron chi connectivity index (χ3n) is 8.21. The Bertz CT molecular complexity index is 677. The van der Waals surface area contributed by atoms with Gasteiger partial charge in [0.25, 0.3) is 0 Å². The Kier molecular flexibility index (Phi) is 5.66. The summed E-state index contributed by atoms with van der Waals surface area (Å²) in [7, 11) is 0. The summed E-state index contributed by atoms with van der Waals surface area (Å²) in [5.41, 5.74) is -0.734. The van der Waals surface area contributed by atoms with Crippen LogP contribution in [0.25, 0.3) is 0 Å². The SMILES string of the molecule is C[C@H]1[C@@H](OC2O[C@H](CO)[C@H](O)[C@H](O)[C@H]2O)O[C@@H]2O[C@]3(C)CC[C@H]4[C@H](C)CC[C@@H]1[C@@]24OO3. The number of aliphatic hydroxyl groups excluding tert-OH is 4. The zero-order valence-corrected chi connectivity index (χ0v) is 18.1. The maximum absolute atomic E-state index is 10.4. The van der Waals surface area contributed by atoms with Crippen LogP contribution in [0.15, 0.2) is 0 Å². The first-order chi connectivity index (χ1) is 14.7. The summed E-state index contributed by atoms with van der Waals surface area (Å²) >= 11 is 0. The van der Waals surface area contributed by atoms with E-state index < -0.39 is 61.3 Å². The van der Waals surface area contributed by atoms with Gasteiger partial charge in [-0.2, -0.15) is 0 Å². The lowest BCUT2D eigenvalue weighted by atomic mass is 9.58. The number of aliphatic hydroxyl groups is 4. The Morgan fingerprint density at radius 3 is 2.42 bits per heavy atom. The third-order valence-corrected chi connectivity index (χ3v) is 8.21. The molecule has 5 heterocycles. The van der Waals surface area contributed by atoms with Crippen molar-refractivity contribution in [2.45, 2.75) is 101 Å². The molecule has 13 atom stereocenters. The molecule has 1 saturated carbocycles. The number of hydrogen-bond acceptors (Lipinski definition) is 10. The fraction of sp³-hybridized carbons (Fsp3) is 1.00. The van der Waals surface area contributed by atoms with Crippen molar-refractivity contribution in [2.24, 2.45) is 23.7 Å². The highest BCUT2D eigenvalue weighted by Gasteiger charge is 2.69. The van der Waals surface area contributed by atoms with Crippen LogP contribution in [-0.2, 0) is 28.7 Å². The summed E-state index contributed by atoms with van der Waals surface area (Å²) < 4.78 is 24.1. The first-order valence-corrected chi connectivity index (χ1v) is 11.4. The van der Waals surface area contributed by atoms with Crippen molar-refractivity contribution in [1.82, 2.24) is 0 Å². The fourth-order valence-electron chi connectivity index (χ4n) is 6.34. The minimum absolute atomic E-state index is 0.0324. The summed E-state index contributed by atoms with van der Waals surface area (Å²) in [6.45, 7) is 5.55. The second-order valence-corrected chi connectivity index (χ2v) is 10.1. The maximum atomic E-state index is 10.4. The fourth-order valence-corrected chi connectivity index (χ4v) is 6.34. The smallest absolute Gasteiger partial charge is 0.201 e. The normalized spacial score (nSPS) is 59.1. The topological polar surface area (TPSA) is 136 Å². The summed E-state index contributed by atoms with van der Waals surface area (Å²) in [6, 6.07) is 0. The molecule has 2 bridgehead atoms. The lowest BCUT2D eigenvalue weighted by Gasteiger charge is -2.60. The van der Waals surface area contributed by atoms with Gasteiger partial charge in [-0.1, -0.05) is 13.8 Å². The van der Waals surface area contributed by atoms with E-state index in [-0.39, 0.29) is 17.8 Å². The Hall–Kier alpha value is -0.400. The Balaban J connectivity index is 1.41. The molecule has 0 aromatic carbocycles. The van der Waals surface area contributed by atoms with Crippen LogP contribution in [0.2, 0.25) is 0 Å². The number of rotatable bonds is 3. The highest BCUT2D eigenvalue weighted by molar-refractivity contribution is 5.09. The van der Waals surface area contributed by atoms with Gasteiger partial charge in [-0.25, -0.2) is 9.78 Å². The van der Waals surface area contributed by atoms with Gasteiger partial charge in [-0.15, -0.1) is 0 Å². The number of hydrogen-bond donors (Lipinski definition) is 4. The van der Waals surface area contributed by atoms with E-state index in [9.17, 15) is 20.4 Å². The summed E-state index contributed by atoms with van der Waals surface area (Å²) in [4.78, 5) is 11.9. The number of ether oxygens (including phenoxy) is 4. The highest BCUT2D eigenvalue weighted by Crippen LogP contribution is 2.60. The van der Waals surface area contributed by atoms with Gasteiger partial charge >= 0.3 is 0 Å². The van der Waals surface area contributed by atoms with E-state index in [1.807, 2.05) is 13.8 Å². The Morgan fingerprint density at radius 2 is 1.68 bits per heavy atom. The van der Waals surface area contributed by atoms with Gasteiger partial charge < -0.3 is 39.4 Å². The average Bonchev–Trinajstić information content (AvgIpc) is 2.98. The molecule has 0 amide bonds. The monoisotopic (exact) mass is 446 g/mol. The first-order valence-electron chi connectivity index (χ1n) is 11.4. The van der Waals surface area contributed by atoms with Crippen LogP contribution in [0, 0.1) is 23.7 Å². The van der Waals surface area contributed by atoms with Gasteiger partial charge in [0.05, 0.1) is 6.61 Å². The van der Waals surface area contributed by atoms with Crippen molar-refractivity contribution in [3.05, 3.63) is 0 Å². The molecule has 1 aliphatic carbocycles. The molecule has 10 nitrogen and oxygen atoms in total. The molecule has 1 unspecified atom stereocenters. The molecule has 0 aromatic rings. The molecular weight excluding hydrogens is 412 g/mol. The van der Waals surface area contributed by atoms with Gasteiger partial charge in [0.2, 0.25) is 5.79 Å². The molecule has 5 saturated heterocycles. The molecule has 31 heavy (non-hydrogen) atoms. The Morgan fingerprint density at radius 1 is 0.903 bits per heavy atom. The molecule has 10 heteroatoms. The quantitative estimate of drug-likeness (QED) is 0.439. The van der Waals surface area contributed by atoms with Crippen molar-refractivity contribution >= 4 is 0 Å². The minimum Gasteiger partial charge on any atom is -0.394 e. The minimum atomic E-state index is -1.51. The van der Waals surface area contributed by atoms with E-state index in [1.165, 1.54) is 0 Å². The lowest BCUT2D eigenvalue weighted by molar-refractivity contribution is -0.579. The molecule has 4 N–H and O–H groups in total. The van der Waals surface area contributed by atoms with Crippen molar-refractivity contribution in [3.8, 4) is 0 Å². The molecular formula is C21H34O10. The Labute approximate surface area is 181 Å². The van der Waals surface area contributed by atoms with Crippen LogP contribution in [0.3, 0.4) is 0 Å². The van der Waals surface area contributed by atoms with Gasteiger partial charge in [0.1, 0.15) is 24.4 Å². The van der Waals surface area contributed by atoms with Crippen molar-refractivity contribution < 1.29 is 49.1 Å². The van der Waals surface area contributed by atoms with Crippen molar-refractivity contribution in [1.29, 1.82) is 0 Å². The standard InChI is InChI=1S/C21H34O10/c1-9-4-5-12-10(2)17(27-18-16(25)15(24)14(23)13(8-22)26-18)28-19-21(12)11(9)6-7-20(3,29-19)30-31-21/h9-19,22-25H,4-8H2,1-3H3/t9-,10-,11+,12+,13-,14+,15+,16-,17+,18?,19-,20+,21-/m1/s1. The van der Waals surface area contributed by atoms with Crippen LogP contribution >= 0.6 is 0 Å². The molecule has 6 fully saturated rings. The predicted octanol–water partition coefficient (Wildman–Crippen LogP) is 0.0109. The van der Waals surface area contributed by atoms with Gasteiger partial charge in [0, 0.05) is 18.3 Å². The van der Waals surface area contributed by atoms with E-state index >= 15 is 0 Å². The molecule has 1 spiro atoms. The van der Waals surface area contributed by atoms with E-state index in [4.69, 9.17) is 28.7 Å². The summed E-state index contributed by atoms with van der Waals surface area (Å²) in [5, 5.41) is 40.0. The molecule has 5 aliphatic heterocycles. The maximum Gasteiger partial charge on any atom is 0.201 e. The largest absolute Gasteiger partial charge is 0.394 e. The lowest BCUT2D eigenvalue weighted by Crippen LogP contribution is -2.71. The number of fused-ring (bicyclic) bond motifs is 2. The summed E-state index contributed by atoms with van der Waals surface area (Å²) in [6.07, 6.45) is -4.74. The van der Waals surface area contributed by atoms with Crippen molar-refractivity contribution in [2.75, 3.05) is 6.61 Å². The van der Waals surface area contributed by atoms with Gasteiger partial charge in [0.15, 0.2) is 24.5 Å². The van der Waals surface area contributed by atoms with E-state index in [1.54, 1.807) is 0 Å². The third kappa shape index (κ3) is 3.30. The van der Waals surface area contributed by atoms with Crippen LogP contribution in [0.1, 0.15) is 46.5 Å².